The third-order valence-corrected chi connectivity index (χ3v) is 6.08. The maximum atomic E-state index is 5.45. The number of nitrogens with zero attached hydrogens (tertiary/aromatic N) is 7. The molecule has 1 fully saturated rings. The first-order valence-corrected chi connectivity index (χ1v) is 10.4. The summed E-state index contributed by atoms with van der Waals surface area (Å²) in [6.07, 6.45) is 11.2. The van der Waals surface area contributed by atoms with E-state index in [-0.39, 0.29) is 0 Å². The highest BCUT2D eigenvalue weighted by atomic mass is 16.5. The molecule has 0 spiro atoms. The number of aromatic nitrogens is 6. The smallest absolute Gasteiger partial charge is 0.221 e. The molecule has 1 aliphatic heterocycles. The van der Waals surface area contributed by atoms with Gasteiger partial charge in [0.2, 0.25) is 5.88 Å². The molecule has 30 heavy (non-hydrogen) atoms. The van der Waals surface area contributed by atoms with Crippen LogP contribution in [0.4, 0.5) is 5.82 Å². The maximum absolute atomic E-state index is 5.45. The third kappa shape index (κ3) is 2.91. The molecular formula is C22H23N7O. The number of rotatable bonds is 5. The number of anilines is 1. The number of imidazole rings is 1. The van der Waals surface area contributed by atoms with Crippen LogP contribution < -0.4 is 9.64 Å². The van der Waals surface area contributed by atoms with Crippen molar-refractivity contribution in [3.63, 3.8) is 0 Å². The van der Waals surface area contributed by atoms with Crippen LogP contribution in [0, 0.1) is 5.92 Å². The van der Waals surface area contributed by atoms with Crippen molar-refractivity contribution in [2.24, 2.45) is 5.92 Å². The zero-order valence-corrected chi connectivity index (χ0v) is 16.9. The average Bonchev–Trinajstić information content (AvgIpc) is 3.38. The van der Waals surface area contributed by atoms with Crippen LogP contribution >= 0.6 is 0 Å². The van der Waals surface area contributed by atoms with Crippen molar-refractivity contribution >= 4 is 11.5 Å². The van der Waals surface area contributed by atoms with Crippen LogP contribution in [0.2, 0.25) is 0 Å². The van der Waals surface area contributed by atoms with Gasteiger partial charge in [0.05, 0.1) is 43.1 Å². The topological polar surface area (TPSA) is 73.4 Å². The summed E-state index contributed by atoms with van der Waals surface area (Å²) in [7, 11) is 1.63. The van der Waals surface area contributed by atoms with Crippen LogP contribution in [0.1, 0.15) is 24.2 Å². The number of hydrogen-bond donors (Lipinski definition) is 0. The van der Waals surface area contributed by atoms with Gasteiger partial charge in [-0.1, -0.05) is 0 Å². The lowest BCUT2D eigenvalue weighted by atomic mass is 10.1. The molecule has 8 heteroatoms. The van der Waals surface area contributed by atoms with Crippen LogP contribution in [0.3, 0.4) is 0 Å². The van der Waals surface area contributed by atoms with Crippen LogP contribution in [0.25, 0.3) is 16.8 Å². The molecule has 0 saturated heterocycles. The first-order chi connectivity index (χ1) is 14.8. The van der Waals surface area contributed by atoms with Gasteiger partial charge in [0.1, 0.15) is 5.82 Å². The normalized spacial score (nSPS) is 16.1. The fraction of sp³-hybridized carbons (Fsp3) is 0.364. The Kier molecular flexibility index (Phi) is 3.97. The minimum Gasteiger partial charge on any atom is -0.481 e. The molecule has 0 radical (unpaired) electrons. The standard InChI is InChI=1S/C22H23N7O/c1-30-22-16(3-2-8-23-22)17-11-25-29-10-7-20(26-21(17)29)27-9-6-18-19(13-27)28(14-24-18)12-15-4-5-15/h2-3,7-8,10-11,14-15H,4-6,9,12-13H2,1H3. The second-order valence-corrected chi connectivity index (χ2v) is 8.08. The van der Waals surface area contributed by atoms with Gasteiger partial charge in [-0.05, 0) is 37.0 Å². The number of ether oxygens (including phenoxy) is 1. The molecule has 0 N–H and O–H groups in total. The maximum Gasteiger partial charge on any atom is 0.221 e. The summed E-state index contributed by atoms with van der Waals surface area (Å²) in [5.74, 6) is 2.36. The molecule has 4 aromatic heterocycles. The van der Waals surface area contributed by atoms with Crippen LogP contribution in [0.15, 0.2) is 43.1 Å². The summed E-state index contributed by atoms with van der Waals surface area (Å²) >= 11 is 0. The van der Waals surface area contributed by atoms with Gasteiger partial charge in [0.25, 0.3) is 0 Å². The van der Waals surface area contributed by atoms with E-state index < -0.39 is 0 Å². The molecule has 0 bridgehead atoms. The first kappa shape index (κ1) is 17.4. The molecule has 8 nitrogen and oxygen atoms in total. The van der Waals surface area contributed by atoms with E-state index in [1.807, 2.05) is 36.9 Å². The minimum atomic E-state index is 0.575. The van der Waals surface area contributed by atoms with Crippen molar-refractivity contribution in [2.45, 2.75) is 32.4 Å². The molecule has 0 atom stereocenters. The van der Waals surface area contributed by atoms with Gasteiger partial charge in [-0.3, -0.25) is 0 Å². The first-order valence-electron chi connectivity index (χ1n) is 10.4. The van der Waals surface area contributed by atoms with E-state index >= 15 is 0 Å². The van der Waals surface area contributed by atoms with E-state index in [1.165, 1.54) is 24.2 Å². The third-order valence-electron chi connectivity index (χ3n) is 6.08. The molecule has 2 aliphatic rings. The summed E-state index contributed by atoms with van der Waals surface area (Å²) in [5, 5.41) is 4.48. The van der Waals surface area contributed by atoms with Crippen LogP contribution in [-0.4, -0.2) is 42.8 Å². The van der Waals surface area contributed by atoms with Gasteiger partial charge in [-0.15, -0.1) is 0 Å². The molecule has 1 saturated carbocycles. The van der Waals surface area contributed by atoms with Gasteiger partial charge in [-0.25, -0.2) is 19.5 Å². The Morgan fingerprint density at radius 2 is 2.10 bits per heavy atom. The quantitative estimate of drug-likeness (QED) is 0.512. The highest BCUT2D eigenvalue weighted by Gasteiger charge is 2.27. The second-order valence-electron chi connectivity index (χ2n) is 8.08. The van der Waals surface area contributed by atoms with Gasteiger partial charge >= 0.3 is 0 Å². The summed E-state index contributed by atoms with van der Waals surface area (Å²) in [5.41, 5.74) is 5.17. The van der Waals surface area contributed by atoms with Crippen molar-refractivity contribution in [1.29, 1.82) is 0 Å². The lowest BCUT2D eigenvalue weighted by Crippen LogP contribution is -2.32. The lowest BCUT2D eigenvalue weighted by Gasteiger charge is -2.28. The van der Waals surface area contributed by atoms with Gasteiger partial charge in [0, 0.05) is 37.5 Å². The lowest BCUT2D eigenvalue weighted by molar-refractivity contribution is 0.400. The zero-order valence-electron chi connectivity index (χ0n) is 16.9. The molecule has 1 aliphatic carbocycles. The molecule has 6 rings (SSSR count). The molecule has 4 aromatic rings. The van der Waals surface area contributed by atoms with Crippen molar-refractivity contribution in [3.8, 4) is 17.0 Å². The Morgan fingerprint density at radius 3 is 2.97 bits per heavy atom. The fourth-order valence-corrected chi connectivity index (χ4v) is 4.26. The second kappa shape index (κ2) is 6.83. The molecule has 0 amide bonds. The van der Waals surface area contributed by atoms with E-state index in [0.717, 1.165) is 54.6 Å². The Morgan fingerprint density at radius 1 is 1.17 bits per heavy atom. The predicted molar refractivity (Wildman–Crippen MR) is 112 cm³/mol. The van der Waals surface area contributed by atoms with E-state index in [2.05, 4.69) is 24.5 Å². The average molecular weight is 401 g/mol. The summed E-state index contributed by atoms with van der Waals surface area (Å²) < 4.78 is 9.60. The van der Waals surface area contributed by atoms with E-state index in [1.54, 1.807) is 17.8 Å². The minimum absolute atomic E-state index is 0.575. The molecular weight excluding hydrogens is 378 g/mol. The number of hydrogen-bond acceptors (Lipinski definition) is 6. The van der Waals surface area contributed by atoms with Gasteiger partial charge < -0.3 is 14.2 Å². The highest BCUT2D eigenvalue weighted by molar-refractivity contribution is 5.80. The summed E-state index contributed by atoms with van der Waals surface area (Å²) in [6, 6.07) is 5.93. The zero-order chi connectivity index (χ0) is 20.1. The van der Waals surface area contributed by atoms with Crippen molar-refractivity contribution < 1.29 is 4.74 Å². The van der Waals surface area contributed by atoms with E-state index in [4.69, 9.17) is 9.72 Å². The SMILES string of the molecule is COc1ncccc1-c1cnn2ccc(N3CCc4ncn(CC5CC5)c4C3)nc12. The number of pyridine rings is 1. The molecule has 5 heterocycles. The summed E-state index contributed by atoms with van der Waals surface area (Å²) in [4.78, 5) is 16.3. The molecule has 0 unspecified atom stereocenters. The number of fused-ring (bicyclic) bond motifs is 2. The van der Waals surface area contributed by atoms with Crippen LogP contribution in [0.5, 0.6) is 5.88 Å². The predicted octanol–water partition coefficient (Wildman–Crippen LogP) is 2.97. The summed E-state index contributed by atoms with van der Waals surface area (Å²) in [6.45, 7) is 2.84. The Hall–Kier alpha value is -3.42. The largest absolute Gasteiger partial charge is 0.481 e. The monoisotopic (exact) mass is 401 g/mol. The Bertz CT molecular complexity index is 1220. The number of methoxy groups -OCH3 is 1. The van der Waals surface area contributed by atoms with E-state index in [0.29, 0.717) is 5.88 Å². The molecule has 0 aromatic carbocycles. The Labute approximate surface area is 174 Å². The van der Waals surface area contributed by atoms with Crippen molar-refractivity contribution in [3.05, 3.63) is 54.5 Å². The molecule has 152 valence electrons. The van der Waals surface area contributed by atoms with E-state index in [9.17, 15) is 0 Å². The van der Waals surface area contributed by atoms with Gasteiger partial charge in [-0.2, -0.15) is 5.10 Å². The highest BCUT2D eigenvalue weighted by Crippen LogP contribution is 2.33. The van der Waals surface area contributed by atoms with Crippen molar-refractivity contribution in [1.82, 2.24) is 29.1 Å². The fourth-order valence-electron chi connectivity index (χ4n) is 4.26. The van der Waals surface area contributed by atoms with Crippen molar-refractivity contribution in [2.75, 3.05) is 18.6 Å². The van der Waals surface area contributed by atoms with Gasteiger partial charge in [0.15, 0.2) is 5.65 Å². The van der Waals surface area contributed by atoms with Crippen LogP contribution in [-0.2, 0) is 19.5 Å². The Balaban J connectivity index is 1.36.